The molecule has 10 heteroatoms. The van der Waals surface area contributed by atoms with E-state index in [1.165, 1.54) is 19.1 Å². The molecule has 2 aliphatic heterocycles. The van der Waals surface area contributed by atoms with Crippen LogP contribution in [0.15, 0.2) is 18.2 Å². The molecule has 2 amide bonds. The van der Waals surface area contributed by atoms with E-state index in [1.54, 1.807) is 0 Å². The zero-order valence-corrected chi connectivity index (χ0v) is 16.1. The lowest BCUT2D eigenvalue weighted by Gasteiger charge is -2.60. The van der Waals surface area contributed by atoms with Gasteiger partial charge in [-0.1, -0.05) is 11.6 Å². The number of alkyl halides is 2. The number of hydrogen-bond acceptors (Lipinski definition) is 4. The molecule has 154 valence electrons. The Bertz CT molecular complexity index is 730. The molecule has 28 heavy (non-hydrogen) atoms. The van der Waals surface area contributed by atoms with Crippen molar-refractivity contribution in [2.45, 2.75) is 19.4 Å². The van der Waals surface area contributed by atoms with E-state index in [1.807, 2.05) is 9.80 Å². The average molecular weight is 419 g/mol. The number of amides is 2. The third-order valence-corrected chi connectivity index (χ3v) is 5.10. The van der Waals surface area contributed by atoms with E-state index in [9.17, 15) is 22.8 Å². The molecule has 1 unspecified atom stereocenters. The topological polar surface area (TPSA) is 64.7 Å². The van der Waals surface area contributed by atoms with Crippen LogP contribution in [0.25, 0.3) is 0 Å². The number of carbonyl (C=O) groups excluding carboxylic acids is 2. The summed E-state index contributed by atoms with van der Waals surface area (Å²) < 4.78 is 38.2. The standard InChI is InChI=1S/C18H22ClF3N4O2/c1-11(17(21)22)23-15(27)5-25-7-18(8-25)9-26(10-18)6-16(28)24-14-3-12(19)2-13(20)4-14/h2-4,11,17H,5-10H2,1H3,(H,23,27)(H,24,28). The SMILES string of the molecule is CC(NC(=O)CN1CC2(CN(CC(=O)Nc3cc(F)cc(Cl)c3)C2)C1)C(F)F. The summed E-state index contributed by atoms with van der Waals surface area (Å²) in [6.07, 6.45) is -2.58. The highest BCUT2D eigenvalue weighted by Gasteiger charge is 2.51. The van der Waals surface area contributed by atoms with Crippen molar-refractivity contribution >= 4 is 29.1 Å². The molecule has 1 aromatic carbocycles. The van der Waals surface area contributed by atoms with Gasteiger partial charge in [0.1, 0.15) is 5.82 Å². The minimum absolute atomic E-state index is 0.0526. The second-order valence-corrected chi connectivity index (χ2v) is 8.12. The van der Waals surface area contributed by atoms with E-state index in [-0.39, 0.29) is 29.4 Å². The Morgan fingerprint density at radius 1 is 1.11 bits per heavy atom. The summed E-state index contributed by atoms with van der Waals surface area (Å²) in [7, 11) is 0. The maximum atomic E-state index is 13.3. The van der Waals surface area contributed by atoms with Gasteiger partial charge in [0, 0.05) is 42.3 Å². The van der Waals surface area contributed by atoms with Crippen molar-refractivity contribution in [2.24, 2.45) is 5.41 Å². The van der Waals surface area contributed by atoms with E-state index in [2.05, 4.69) is 10.6 Å². The van der Waals surface area contributed by atoms with Crippen molar-refractivity contribution < 1.29 is 22.8 Å². The van der Waals surface area contributed by atoms with E-state index in [0.29, 0.717) is 18.8 Å². The molecule has 2 fully saturated rings. The number of carbonyl (C=O) groups is 2. The predicted molar refractivity (Wildman–Crippen MR) is 99.0 cm³/mol. The lowest BCUT2D eigenvalue weighted by atomic mass is 9.73. The number of likely N-dealkylation sites (tertiary alicyclic amines) is 2. The normalized spacial score (nSPS) is 19.8. The third kappa shape index (κ3) is 5.15. The number of nitrogens with one attached hydrogen (secondary N) is 2. The van der Waals surface area contributed by atoms with Crippen molar-refractivity contribution in [3.05, 3.63) is 29.0 Å². The van der Waals surface area contributed by atoms with E-state index < -0.39 is 24.2 Å². The average Bonchev–Trinajstić information content (AvgIpc) is 2.49. The summed E-state index contributed by atoms with van der Waals surface area (Å²) in [4.78, 5) is 27.7. The minimum atomic E-state index is -2.58. The monoisotopic (exact) mass is 418 g/mol. The smallest absolute Gasteiger partial charge is 0.258 e. The van der Waals surface area contributed by atoms with Crippen LogP contribution in [0.5, 0.6) is 0 Å². The summed E-state index contributed by atoms with van der Waals surface area (Å²) in [6, 6.07) is 2.68. The molecule has 2 heterocycles. The van der Waals surface area contributed by atoms with Gasteiger partial charge in [-0.25, -0.2) is 13.2 Å². The molecule has 1 aromatic rings. The Morgan fingerprint density at radius 2 is 1.68 bits per heavy atom. The maximum Gasteiger partial charge on any atom is 0.258 e. The molecule has 1 spiro atoms. The number of halogens is 4. The molecule has 0 bridgehead atoms. The molecule has 2 aliphatic rings. The van der Waals surface area contributed by atoms with Gasteiger partial charge in [0.25, 0.3) is 6.43 Å². The zero-order valence-electron chi connectivity index (χ0n) is 15.4. The second kappa shape index (κ2) is 8.26. The predicted octanol–water partition coefficient (Wildman–Crippen LogP) is 1.81. The number of anilines is 1. The van der Waals surface area contributed by atoms with E-state index in [0.717, 1.165) is 19.2 Å². The van der Waals surface area contributed by atoms with Gasteiger partial charge >= 0.3 is 0 Å². The van der Waals surface area contributed by atoms with Crippen LogP contribution >= 0.6 is 11.6 Å². The Morgan fingerprint density at radius 3 is 2.21 bits per heavy atom. The van der Waals surface area contributed by atoms with Crippen LogP contribution in [-0.4, -0.2) is 73.4 Å². The molecule has 0 radical (unpaired) electrons. The van der Waals surface area contributed by atoms with Crippen molar-refractivity contribution in [3.63, 3.8) is 0 Å². The summed E-state index contributed by atoms with van der Waals surface area (Å²) >= 11 is 5.76. The fourth-order valence-electron chi connectivity index (χ4n) is 3.82. The number of rotatable bonds is 7. The Hall–Kier alpha value is -1.84. The molecule has 0 aromatic heterocycles. The first-order valence-electron chi connectivity index (χ1n) is 8.92. The molecule has 2 saturated heterocycles. The summed E-state index contributed by atoms with van der Waals surface area (Å²) in [5.41, 5.74) is 0.362. The van der Waals surface area contributed by atoms with Gasteiger partial charge in [0.05, 0.1) is 19.1 Å². The van der Waals surface area contributed by atoms with E-state index in [4.69, 9.17) is 11.6 Å². The molecular formula is C18H22ClF3N4O2. The Labute approximate surface area is 166 Å². The van der Waals surface area contributed by atoms with Crippen molar-refractivity contribution in [1.29, 1.82) is 0 Å². The van der Waals surface area contributed by atoms with Crippen LogP contribution in [0.3, 0.4) is 0 Å². The Kier molecular flexibility index (Phi) is 6.16. The largest absolute Gasteiger partial charge is 0.347 e. The fraction of sp³-hybridized carbons (Fsp3) is 0.556. The summed E-state index contributed by atoms with van der Waals surface area (Å²) in [6.45, 7) is 4.38. The molecule has 0 aliphatic carbocycles. The number of benzene rings is 1. The fourth-order valence-corrected chi connectivity index (χ4v) is 4.05. The van der Waals surface area contributed by atoms with E-state index >= 15 is 0 Å². The molecule has 1 atom stereocenters. The highest BCUT2D eigenvalue weighted by molar-refractivity contribution is 6.30. The lowest BCUT2D eigenvalue weighted by Crippen LogP contribution is -2.73. The first-order valence-corrected chi connectivity index (χ1v) is 9.30. The van der Waals surface area contributed by atoms with Crippen LogP contribution in [-0.2, 0) is 9.59 Å². The van der Waals surface area contributed by atoms with Gasteiger partial charge in [0.15, 0.2) is 0 Å². The van der Waals surface area contributed by atoms with Crippen LogP contribution in [0.4, 0.5) is 18.9 Å². The molecule has 3 rings (SSSR count). The van der Waals surface area contributed by atoms with Gasteiger partial charge in [-0.3, -0.25) is 19.4 Å². The second-order valence-electron chi connectivity index (χ2n) is 7.69. The van der Waals surface area contributed by atoms with Gasteiger partial charge in [-0.05, 0) is 25.1 Å². The van der Waals surface area contributed by atoms with Gasteiger partial charge in [-0.2, -0.15) is 0 Å². The third-order valence-electron chi connectivity index (χ3n) is 4.88. The molecular weight excluding hydrogens is 397 g/mol. The number of nitrogens with zero attached hydrogens (tertiary/aromatic N) is 2. The van der Waals surface area contributed by atoms with Crippen LogP contribution < -0.4 is 10.6 Å². The minimum Gasteiger partial charge on any atom is -0.347 e. The van der Waals surface area contributed by atoms with Crippen LogP contribution in [0.2, 0.25) is 5.02 Å². The van der Waals surface area contributed by atoms with Gasteiger partial charge in [0.2, 0.25) is 11.8 Å². The quantitative estimate of drug-likeness (QED) is 0.709. The molecule has 6 nitrogen and oxygen atoms in total. The lowest BCUT2D eigenvalue weighted by molar-refractivity contribution is -0.141. The Balaban J connectivity index is 1.35. The van der Waals surface area contributed by atoms with Gasteiger partial charge < -0.3 is 10.6 Å². The van der Waals surface area contributed by atoms with Crippen molar-refractivity contribution in [2.75, 3.05) is 44.6 Å². The summed E-state index contributed by atoms with van der Waals surface area (Å²) in [5, 5.41) is 5.10. The molecule has 2 N–H and O–H groups in total. The van der Waals surface area contributed by atoms with Crippen LogP contribution in [0.1, 0.15) is 6.92 Å². The zero-order chi connectivity index (χ0) is 20.5. The highest BCUT2D eigenvalue weighted by atomic mass is 35.5. The number of hydrogen-bond donors (Lipinski definition) is 2. The first-order chi connectivity index (χ1) is 13.1. The van der Waals surface area contributed by atoms with Crippen molar-refractivity contribution in [3.8, 4) is 0 Å². The molecule has 0 saturated carbocycles. The first kappa shape index (κ1) is 20.9. The van der Waals surface area contributed by atoms with Gasteiger partial charge in [-0.15, -0.1) is 0 Å². The van der Waals surface area contributed by atoms with Crippen molar-refractivity contribution in [1.82, 2.24) is 15.1 Å². The highest BCUT2D eigenvalue weighted by Crippen LogP contribution is 2.39. The maximum absolute atomic E-state index is 13.3. The summed E-state index contributed by atoms with van der Waals surface area (Å²) in [5.74, 6) is -1.19. The van der Waals surface area contributed by atoms with Crippen LogP contribution in [0, 0.1) is 11.2 Å².